The van der Waals surface area contributed by atoms with Crippen LogP contribution in [-0.2, 0) is 11.2 Å². The Kier molecular flexibility index (Phi) is 4.88. The van der Waals surface area contributed by atoms with Gasteiger partial charge in [0.2, 0.25) is 5.95 Å². The Morgan fingerprint density at radius 3 is 2.81 bits per heavy atom. The molecule has 1 aromatic heterocycles. The molecule has 0 saturated heterocycles. The van der Waals surface area contributed by atoms with Crippen molar-refractivity contribution in [3.8, 4) is 0 Å². The third-order valence-electron chi connectivity index (χ3n) is 3.39. The fraction of sp³-hybridized carbons (Fsp3) is 0.500. The highest BCUT2D eigenvalue weighted by molar-refractivity contribution is 6.17. The number of carbonyl (C=O) groups excluding carboxylic acids is 1. The van der Waals surface area contributed by atoms with E-state index in [1.165, 1.54) is 0 Å². The first-order valence-electron chi connectivity index (χ1n) is 7.22. The number of hydrogen-bond donors (Lipinski definition) is 2. The highest BCUT2D eigenvalue weighted by Crippen LogP contribution is 2.23. The van der Waals surface area contributed by atoms with Crippen LogP contribution in [0.5, 0.6) is 0 Å². The highest BCUT2D eigenvalue weighted by Gasteiger charge is 2.22. The molecule has 0 atom stereocenters. The lowest BCUT2D eigenvalue weighted by atomic mass is 9.87. The summed E-state index contributed by atoms with van der Waals surface area (Å²) in [5.41, 5.74) is 2.44. The van der Waals surface area contributed by atoms with E-state index in [1.54, 1.807) is 0 Å². The van der Waals surface area contributed by atoms with E-state index in [1.807, 2.05) is 39.0 Å². The van der Waals surface area contributed by atoms with E-state index in [9.17, 15) is 4.79 Å². The zero-order valence-corrected chi connectivity index (χ0v) is 13.5. The normalized spacial score (nSPS) is 11.8. The zero-order valence-electron chi connectivity index (χ0n) is 12.8. The van der Waals surface area contributed by atoms with E-state index < -0.39 is 0 Å². The van der Waals surface area contributed by atoms with Gasteiger partial charge in [-0.15, -0.1) is 11.6 Å². The fourth-order valence-corrected chi connectivity index (χ4v) is 2.16. The molecule has 2 rings (SSSR count). The summed E-state index contributed by atoms with van der Waals surface area (Å²) in [5, 5.41) is 3.21. The monoisotopic (exact) mass is 307 g/mol. The van der Waals surface area contributed by atoms with Gasteiger partial charge in [-0.2, -0.15) is 0 Å². The van der Waals surface area contributed by atoms with Crippen molar-refractivity contribution in [2.45, 2.75) is 33.6 Å². The number of benzene rings is 1. The number of alkyl halides is 1. The van der Waals surface area contributed by atoms with Crippen molar-refractivity contribution >= 4 is 34.4 Å². The van der Waals surface area contributed by atoms with Gasteiger partial charge < -0.3 is 10.3 Å². The van der Waals surface area contributed by atoms with Crippen LogP contribution in [-0.4, -0.2) is 28.2 Å². The third kappa shape index (κ3) is 3.97. The molecule has 0 aliphatic carbocycles. The molecule has 0 fully saturated rings. The van der Waals surface area contributed by atoms with Crippen LogP contribution in [0.2, 0.25) is 0 Å². The average molecular weight is 308 g/mol. The number of hydrogen-bond acceptors (Lipinski definition) is 3. The van der Waals surface area contributed by atoms with Crippen molar-refractivity contribution in [1.29, 1.82) is 0 Å². The SMILES string of the molecule is CC(C)(C)C(=O)Cc1cccc2[nH]c(NCCCCl)nc12. The van der Waals surface area contributed by atoms with Gasteiger partial charge in [0, 0.05) is 24.3 Å². The van der Waals surface area contributed by atoms with Gasteiger partial charge in [0.05, 0.1) is 11.0 Å². The summed E-state index contributed by atoms with van der Waals surface area (Å²) in [6.45, 7) is 6.61. The van der Waals surface area contributed by atoms with Crippen molar-refractivity contribution < 1.29 is 4.79 Å². The Morgan fingerprint density at radius 1 is 1.38 bits per heavy atom. The topological polar surface area (TPSA) is 57.8 Å². The maximum absolute atomic E-state index is 12.2. The number of H-pyrrole nitrogens is 1. The number of aromatic nitrogens is 2. The fourth-order valence-electron chi connectivity index (χ4n) is 2.03. The number of Topliss-reactive ketones (excluding diaryl/α,β-unsaturated/α-hetero) is 1. The molecule has 0 amide bonds. The molecule has 2 N–H and O–H groups in total. The van der Waals surface area contributed by atoms with Crippen molar-refractivity contribution in [3.63, 3.8) is 0 Å². The predicted octanol–water partition coefficient (Wildman–Crippen LogP) is 3.76. The third-order valence-corrected chi connectivity index (χ3v) is 3.65. The lowest BCUT2D eigenvalue weighted by Gasteiger charge is -2.16. The van der Waals surface area contributed by atoms with Crippen LogP contribution in [0.3, 0.4) is 0 Å². The van der Waals surface area contributed by atoms with Gasteiger partial charge in [-0.25, -0.2) is 4.98 Å². The van der Waals surface area contributed by atoms with Gasteiger partial charge >= 0.3 is 0 Å². The van der Waals surface area contributed by atoms with Crippen LogP contribution in [0.25, 0.3) is 11.0 Å². The van der Waals surface area contributed by atoms with E-state index in [0.717, 1.165) is 35.5 Å². The van der Waals surface area contributed by atoms with Crippen molar-refractivity contribution in [3.05, 3.63) is 23.8 Å². The van der Waals surface area contributed by atoms with Crippen LogP contribution in [0, 0.1) is 5.41 Å². The van der Waals surface area contributed by atoms with Crippen molar-refractivity contribution in [1.82, 2.24) is 9.97 Å². The number of fused-ring (bicyclic) bond motifs is 1. The second kappa shape index (κ2) is 6.48. The summed E-state index contributed by atoms with van der Waals surface area (Å²) in [6.07, 6.45) is 1.29. The Balaban J connectivity index is 2.22. The molecule has 5 heteroatoms. The van der Waals surface area contributed by atoms with E-state index in [4.69, 9.17) is 11.6 Å². The molecule has 0 saturated carbocycles. The summed E-state index contributed by atoms with van der Waals surface area (Å²) in [7, 11) is 0. The van der Waals surface area contributed by atoms with Crippen LogP contribution >= 0.6 is 11.6 Å². The second-order valence-corrected chi connectivity index (χ2v) is 6.60. The van der Waals surface area contributed by atoms with E-state index in [2.05, 4.69) is 15.3 Å². The number of rotatable bonds is 6. The number of imidazole rings is 1. The number of nitrogens with one attached hydrogen (secondary N) is 2. The minimum Gasteiger partial charge on any atom is -0.356 e. The van der Waals surface area contributed by atoms with Crippen LogP contribution in [0.1, 0.15) is 32.8 Å². The molecule has 0 aliphatic rings. The smallest absolute Gasteiger partial charge is 0.201 e. The predicted molar refractivity (Wildman–Crippen MR) is 88.1 cm³/mol. The van der Waals surface area contributed by atoms with Gasteiger partial charge in [0.25, 0.3) is 0 Å². The van der Waals surface area contributed by atoms with Crippen molar-refractivity contribution in [2.75, 3.05) is 17.7 Å². The summed E-state index contributed by atoms with van der Waals surface area (Å²) >= 11 is 5.66. The highest BCUT2D eigenvalue weighted by atomic mass is 35.5. The number of anilines is 1. The van der Waals surface area contributed by atoms with E-state index >= 15 is 0 Å². The molecule has 0 spiro atoms. The lowest BCUT2D eigenvalue weighted by molar-refractivity contribution is -0.125. The van der Waals surface area contributed by atoms with Crippen LogP contribution in [0.15, 0.2) is 18.2 Å². The molecular weight excluding hydrogens is 286 g/mol. The molecule has 1 aromatic carbocycles. The van der Waals surface area contributed by atoms with Gasteiger partial charge in [-0.3, -0.25) is 4.79 Å². The van der Waals surface area contributed by atoms with Gasteiger partial charge in [0.1, 0.15) is 5.78 Å². The molecule has 2 aromatic rings. The number of ketones is 1. The quantitative estimate of drug-likeness (QED) is 0.631. The number of carbonyl (C=O) groups is 1. The Hall–Kier alpha value is -1.55. The largest absolute Gasteiger partial charge is 0.356 e. The van der Waals surface area contributed by atoms with Gasteiger partial charge in [-0.05, 0) is 18.1 Å². The minimum absolute atomic E-state index is 0.217. The van der Waals surface area contributed by atoms with E-state index in [-0.39, 0.29) is 11.2 Å². The number of para-hydroxylation sites is 1. The number of nitrogens with zero attached hydrogens (tertiary/aromatic N) is 1. The minimum atomic E-state index is -0.333. The molecule has 0 bridgehead atoms. The maximum Gasteiger partial charge on any atom is 0.201 e. The number of halogens is 1. The summed E-state index contributed by atoms with van der Waals surface area (Å²) < 4.78 is 0. The molecule has 0 unspecified atom stereocenters. The molecular formula is C16H22ClN3O. The van der Waals surface area contributed by atoms with Crippen LogP contribution < -0.4 is 5.32 Å². The zero-order chi connectivity index (χ0) is 15.5. The Morgan fingerprint density at radius 2 is 2.14 bits per heavy atom. The second-order valence-electron chi connectivity index (χ2n) is 6.22. The summed E-state index contributed by atoms with van der Waals surface area (Å²) in [4.78, 5) is 20.0. The molecule has 4 nitrogen and oxygen atoms in total. The molecule has 0 aliphatic heterocycles. The first-order chi connectivity index (χ1) is 9.91. The van der Waals surface area contributed by atoms with Gasteiger partial charge in [0.15, 0.2) is 0 Å². The molecule has 21 heavy (non-hydrogen) atoms. The summed E-state index contributed by atoms with van der Waals surface area (Å²) in [5.74, 6) is 1.57. The van der Waals surface area contributed by atoms with Crippen molar-refractivity contribution in [2.24, 2.45) is 5.41 Å². The standard InChI is InChI=1S/C16H22ClN3O/c1-16(2,3)13(21)10-11-6-4-7-12-14(11)20-15(19-12)18-9-5-8-17/h4,6-7H,5,8-10H2,1-3H3,(H2,18,19,20). The maximum atomic E-state index is 12.2. The Bertz CT molecular complexity index is 628. The van der Waals surface area contributed by atoms with Crippen LogP contribution in [0.4, 0.5) is 5.95 Å². The number of aromatic amines is 1. The molecule has 114 valence electrons. The summed E-state index contributed by atoms with van der Waals surface area (Å²) in [6, 6.07) is 5.89. The van der Waals surface area contributed by atoms with Gasteiger partial charge in [-0.1, -0.05) is 32.9 Å². The average Bonchev–Trinajstić information content (AvgIpc) is 2.82. The Labute approximate surface area is 130 Å². The molecule has 0 radical (unpaired) electrons. The van der Waals surface area contributed by atoms with E-state index in [0.29, 0.717) is 12.3 Å². The molecule has 1 heterocycles. The lowest BCUT2D eigenvalue weighted by Crippen LogP contribution is -2.22. The first kappa shape index (κ1) is 15.8. The first-order valence-corrected chi connectivity index (χ1v) is 7.76.